The molecular weight excluding hydrogens is 412 g/mol. The zero-order valence-electron chi connectivity index (χ0n) is 18.5. The molecular formula is C29H26O4. The number of aliphatic hydroxyl groups excluding tert-OH is 1. The van der Waals surface area contributed by atoms with Crippen LogP contribution in [-0.2, 0) is 20.4 Å². The number of ether oxygens (including phenoxy) is 2. The quantitative estimate of drug-likeness (QED) is 0.412. The van der Waals surface area contributed by atoms with Gasteiger partial charge in [-0.25, -0.2) is 0 Å². The van der Waals surface area contributed by atoms with Crippen LogP contribution in [0.2, 0.25) is 0 Å². The zero-order valence-corrected chi connectivity index (χ0v) is 18.5. The van der Waals surface area contributed by atoms with Crippen molar-refractivity contribution in [2.45, 2.75) is 17.3 Å². The van der Waals surface area contributed by atoms with E-state index in [9.17, 15) is 4.79 Å². The van der Waals surface area contributed by atoms with E-state index < -0.39 is 10.8 Å². The van der Waals surface area contributed by atoms with Gasteiger partial charge in [-0.3, -0.25) is 4.79 Å². The van der Waals surface area contributed by atoms with Gasteiger partial charge < -0.3 is 14.6 Å². The van der Waals surface area contributed by atoms with Crippen molar-refractivity contribution in [3.05, 3.63) is 114 Å². The van der Waals surface area contributed by atoms with Crippen LogP contribution in [0, 0.1) is 0 Å². The van der Waals surface area contributed by atoms with Crippen LogP contribution >= 0.6 is 0 Å². The first-order chi connectivity index (χ1) is 16.2. The second-order valence-electron chi connectivity index (χ2n) is 8.50. The van der Waals surface area contributed by atoms with Gasteiger partial charge in [0.1, 0.15) is 17.8 Å². The average molecular weight is 439 g/mol. The van der Waals surface area contributed by atoms with Crippen LogP contribution in [0.4, 0.5) is 0 Å². The Hall–Kier alpha value is -3.63. The van der Waals surface area contributed by atoms with Crippen LogP contribution in [0.3, 0.4) is 0 Å². The topological polar surface area (TPSA) is 55.8 Å². The maximum absolute atomic E-state index is 13.5. The third kappa shape index (κ3) is 3.30. The lowest BCUT2D eigenvalue weighted by Crippen LogP contribution is -2.32. The third-order valence-corrected chi connectivity index (χ3v) is 6.88. The molecule has 1 saturated carbocycles. The monoisotopic (exact) mass is 438 g/mol. The second-order valence-corrected chi connectivity index (χ2v) is 8.50. The highest BCUT2D eigenvalue weighted by Gasteiger charge is 2.75. The highest BCUT2D eigenvalue weighted by atomic mass is 16.5. The smallest absolute Gasteiger partial charge is 0.317 e. The molecule has 1 aliphatic carbocycles. The fraction of sp³-hybridized carbons (Fsp3) is 0.207. The summed E-state index contributed by atoms with van der Waals surface area (Å²) in [7, 11) is 1.46. The van der Waals surface area contributed by atoms with Gasteiger partial charge in [-0.05, 0) is 52.1 Å². The standard InChI is InChI=1S/C29H26O4/c1-32-27(31)29(25-12-11-21-7-5-6-8-22(21)19-25)20-28(29,23-9-3-2-4-10-23)24-13-15-26(16-14-24)33-18-17-30/h2-16,19,30H,17-18,20H2,1H3/t28-,29-/m1/s1. The van der Waals surface area contributed by atoms with Crippen molar-refractivity contribution >= 4 is 16.7 Å². The summed E-state index contributed by atoms with van der Waals surface area (Å²) in [6.07, 6.45) is 0.617. The fourth-order valence-electron chi connectivity index (χ4n) is 5.28. The summed E-state index contributed by atoms with van der Waals surface area (Å²) in [5.74, 6) is 0.452. The van der Waals surface area contributed by atoms with E-state index in [1.807, 2.05) is 54.6 Å². The van der Waals surface area contributed by atoms with Crippen molar-refractivity contribution in [3.8, 4) is 5.75 Å². The second kappa shape index (κ2) is 8.38. The molecule has 0 aromatic heterocycles. The maximum atomic E-state index is 13.5. The van der Waals surface area contributed by atoms with Gasteiger partial charge in [0.05, 0.1) is 13.7 Å². The SMILES string of the molecule is COC(=O)[C@]1(c2ccc3ccccc3c2)C[C@@]1(c1ccccc1)c1ccc(OCCO)cc1. The Morgan fingerprint density at radius 3 is 2.15 bits per heavy atom. The van der Waals surface area contributed by atoms with Gasteiger partial charge in [0.25, 0.3) is 0 Å². The molecule has 4 nitrogen and oxygen atoms in total. The normalized spacial score (nSPS) is 21.5. The van der Waals surface area contributed by atoms with E-state index in [-0.39, 0.29) is 19.2 Å². The minimum Gasteiger partial charge on any atom is -0.491 e. The highest BCUT2D eigenvalue weighted by molar-refractivity contribution is 5.95. The number of rotatable bonds is 7. The van der Waals surface area contributed by atoms with Crippen molar-refractivity contribution in [2.24, 2.45) is 0 Å². The molecule has 1 fully saturated rings. The van der Waals surface area contributed by atoms with Gasteiger partial charge in [-0.1, -0.05) is 78.9 Å². The van der Waals surface area contributed by atoms with Crippen molar-refractivity contribution in [2.75, 3.05) is 20.3 Å². The summed E-state index contributed by atoms with van der Waals surface area (Å²) < 4.78 is 11.0. The lowest BCUT2D eigenvalue weighted by Gasteiger charge is -2.26. The van der Waals surface area contributed by atoms with Crippen molar-refractivity contribution < 1.29 is 19.4 Å². The Morgan fingerprint density at radius 2 is 1.45 bits per heavy atom. The molecule has 166 valence electrons. The predicted octanol–water partition coefficient (Wildman–Crippen LogP) is 5.01. The molecule has 1 aliphatic rings. The van der Waals surface area contributed by atoms with E-state index in [1.165, 1.54) is 7.11 Å². The number of carbonyl (C=O) groups excluding carboxylic acids is 1. The van der Waals surface area contributed by atoms with Gasteiger partial charge in [0.15, 0.2) is 0 Å². The Labute approximate surface area is 193 Å². The number of hydrogen-bond acceptors (Lipinski definition) is 4. The molecule has 2 atom stereocenters. The fourth-order valence-corrected chi connectivity index (χ4v) is 5.28. The van der Waals surface area contributed by atoms with E-state index >= 15 is 0 Å². The number of hydrogen-bond donors (Lipinski definition) is 1. The molecule has 1 N–H and O–H groups in total. The van der Waals surface area contributed by atoms with Gasteiger partial charge in [-0.2, -0.15) is 0 Å². The Balaban J connectivity index is 1.69. The molecule has 0 amide bonds. The van der Waals surface area contributed by atoms with Crippen LogP contribution in [0.1, 0.15) is 23.1 Å². The van der Waals surface area contributed by atoms with Crippen LogP contribution in [0.25, 0.3) is 10.8 Å². The van der Waals surface area contributed by atoms with Gasteiger partial charge >= 0.3 is 5.97 Å². The summed E-state index contributed by atoms with van der Waals surface area (Å²) in [5.41, 5.74) is 1.67. The predicted molar refractivity (Wildman–Crippen MR) is 129 cm³/mol. The van der Waals surface area contributed by atoms with Gasteiger partial charge in [0.2, 0.25) is 0 Å². The Kier molecular flexibility index (Phi) is 5.39. The summed E-state index contributed by atoms with van der Waals surface area (Å²) in [6, 6.07) is 32.5. The molecule has 0 bridgehead atoms. The lowest BCUT2D eigenvalue weighted by molar-refractivity contribution is -0.144. The van der Waals surface area contributed by atoms with E-state index in [4.69, 9.17) is 14.6 Å². The molecule has 0 radical (unpaired) electrons. The average Bonchev–Trinajstić information content (AvgIpc) is 3.60. The summed E-state index contributed by atoms with van der Waals surface area (Å²) in [4.78, 5) is 13.5. The van der Waals surface area contributed by atoms with Gasteiger partial charge in [-0.15, -0.1) is 0 Å². The molecule has 0 unspecified atom stereocenters. The molecule has 0 saturated heterocycles. The molecule has 4 aromatic carbocycles. The molecule has 0 aliphatic heterocycles. The van der Waals surface area contributed by atoms with Gasteiger partial charge in [0, 0.05) is 5.41 Å². The first-order valence-corrected chi connectivity index (χ1v) is 11.1. The Bertz CT molecular complexity index is 1280. The van der Waals surface area contributed by atoms with E-state index in [1.54, 1.807) is 0 Å². The van der Waals surface area contributed by atoms with Crippen LogP contribution in [0.5, 0.6) is 5.75 Å². The molecule has 4 aromatic rings. The van der Waals surface area contributed by atoms with Crippen molar-refractivity contribution in [1.82, 2.24) is 0 Å². The van der Waals surface area contributed by atoms with Crippen LogP contribution < -0.4 is 4.74 Å². The zero-order chi connectivity index (χ0) is 22.9. The molecule has 4 heteroatoms. The molecule has 0 heterocycles. The number of methoxy groups -OCH3 is 1. The maximum Gasteiger partial charge on any atom is 0.317 e. The molecule has 5 rings (SSSR count). The van der Waals surface area contributed by atoms with Crippen LogP contribution in [-0.4, -0.2) is 31.4 Å². The number of aliphatic hydroxyl groups is 1. The molecule has 0 spiro atoms. The molecule has 33 heavy (non-hydrogen) atoms. The number of benzene rings is 4. The summed E-state index contributed by atoms with van der Waals surface area (Å²) in [6.45, 7) is 0.204. The largest absolute Gasteiger partial charge is 0.491 e. The van der Waals surface area contributed by atoms with Crippen LogP contribution in [0.15, 0.2) is 97.1 Å². The summed E-state index contributed by atoms with van der Waals surface area (Å²) >= 11 is 0. The van der Waals surface area contributed by atoms with Crippen molar-refractivity contribution in [3.63, 3.8) is 0 Å². The van der Waals surface area contributed by atoms with E-state index in [2.05, 4.69) is 42.5 Å². The summed E-state index contributed by atoms with van der Waals surface area (Å²) in [5, 5.41) is 11.3. The number of esters is 1. The van der Waals surface area contributed by atoms with E-state index in [0.29, 0.717) is 12.2 Å². The first-order valence-electron chi connectivity index (χ1n) is 11.1. The van der Waals surface area contributed by atoms with Crippen molar-refractivity contribution in [1.29, 1.82) is 0 Å². The van der Waals surface area contributed by atoms with E-state index in [0.717, 1.165) is 27.5 Å². The minimum absolute atomic E-state index is 0.0386. The first kappa shape index (κ1) is 21.2. The highest BCUT2D eigenvalue weighted by Crippen LogP contribution is 2.69. The number of carbonyl (C=O) groups is 1. The Morgan fingerprint density at radius 1 is 0.818 bits per heavy atom. The lowest BCUT2D eigenvalue weighted by atomic mass is 9.76. The third-order valence-electron chi connectivity index (χ3n) is 6.88. The number of fused-ring (bicyclic) bond motifs is 1. The minimum atomic E-state index is -0.833.